The number of aryl methyl sites for hydroxylation is 1. The average molecular weight is 307 g/mol. The van der Waals surface area contributed by atoms with Crippen LogP contribution in [0.4, 0.5) is 11.4 Å². The van der Waals surface area contributed by atoms with Gasteiger partial charge in [0.15, 0.2) is 0 Å². The first-order valence-corrected chi connectivity index (χ1v) is 6.08. The summed E-state index contributed by atoms with van der Waals surface area (Å²) in [6, 6.07) is 9.06. The molecule has 1 aromatic carbocycles. The summed E-state index contributed by atoms with van der Waals surface area (Å²) in [7, 11) is 0. The molecule has 0 aliphatic rings. The van der Waals surface area contributed by atoms with Gasteiger partial charge in [-0.1, -0.05) is 15.9 Å². The molecule has 0 spiro atoms. The van der Waals surface area contributed by atoms with Gasteiger partial charge in [0.05, 0.1) is 0 Å². The second-order valence-electron chi connectivity index (χ2n) is 3.82. The van der Waals surface area contributed by atoms with E-state index in [1.807, 2.05) is 25.1 Å². The Kier molecular flexibility index (Phi) is 3.62. The zero-order valence-corrected chi connectivity index (χ0v) is 11.2. The van der Waals surface area contributed by atoms with Crippen molar-refractivity contribution in [1.29, 1.82) is 0 Å². The summed E-state index contributed by atoms with van der Waals surface area (Å²) < 4.78 is 1.04. The van der Waals surface area contributed by atoms with E-state index in [0.29, 0.717) is 5.69 Å². The van der Waals surface area contributed by atoms with Crippen molar-refractivity contribution >= 4 is 33.3 Å². The molecular weight excluding hydrogens is 296 g/mol. The third-order valence-corrected chi connectivity index (χ3v) is 3.32. The molecule has 2 aromatic rings. The van der Waals surface area contributed by atoms with Crippen molar-refractivity contribution < 1.29 is 9.90 Å². The minimum absolute atomic E-state index is 0.0221. The fourth-order valence-corrected chi connectivity index (χ4v) is 1.76. The molecule has 0 unspecified atom stereocenters. The van der Waals surface area contributed by atoms with Crippen LogP contribution in [0.3, 0.4) is 0 Å². The molecule has 1 aromatic heterocycles. The Hall–Kier alpha value is -1.88. The first kappa shape index (κ1) is 12.6. The molecule has 0 saturated carbocycles. The number of pyridine rings is 1. The number of hydrogen-bond donors (Lipinski definition) is 2. The molecule has 0 aliphatic carbocycles. The summed E-state index contributed by atoms with van der Waals surface area (Å²) >= 11 is 3.43. The van der Waals surface area contributed by atoms with E-state index in [9.17, 15) is 4.79 Å². The minimum Gasteiger partial charge on any atom is -0.477 e. The van der Waals surface area contributed by atoms with Gasteiger partial charge >= 0.3 is 5.97 Å². The second-order valence-corrected chi connectivity index (χ2v) is 4.68. The molecule has 0 fully saturated rings. The molecule has 92 valence electrons. The minimum atomic E-state index is -1.04. The van der Waals surface area contributed by atoms with Gasteiger partial charge in [-0.25, -0.2) is 9.78 Å². The molecule has 0 radical (unpaired) electrons. The van der Waals surface area contributed by atoms with Crippen LogP contribution >= 0.6 is 15.9 Å². The summed E-state index contributed by atoms with van der Waals surface area (Å²) in [6.45, 7) is 1.99. The Morgan fingerprint density at radius 2 is 2.00 bits per heavy atom. The number of aromatic nitrogens is 1. The van der Waals surface area contributed by atoms with Crippen LogP contribution in [0.5, 0.6) is 0 Å². The van der Waals surface area contributed by atoms with E-state index in [0.717, 1.165) is 15.7 Å². The van der Waals surface area contributed by atoms with Crippen LogP contribution in [-0.4, -0.2) is 16.1 Å². The van der Waals surface area contributed by atoms with Crippen molar-refractivity contribution in [2.45, 2.75) is 6.92 Å². The van der Waals surface area contributed by atoms with Crippen LogP contribution in [0.1, 0.15) is 16.1 Å². The first-order valence-electron chi connectivity index (χ1n) is 5.29. The number of carboxylic acid groups (broad SMARTS) is 1. The van der Waals surface area contributed by atoms with Crippen molar-refractivity contribution in [3.63, 3.8) is 0 Å². The molecule has 2 N–H and O–H groups in total. The summed E-state index contributed by atoms with van der Waals surface area (Å²) in [5.41, 5.74) is 2.73. The van der Waals surface area contributed by atoms with Crippen molar-refractivity contribution in [3.05, 3.63) is 52.3 Å². The van der Waals surface area contributed by atoms with Gasteiger partial charge in [-0.3, -0.25) is 0 Å². The third kappa shape index (κ3) is 2.87. The number of aromatic carboxylic acids is 1. The molecule has 5 heteroatoms. The van der Waals surface area contributed by atoms with Gasteiger partial charge in [-0.15, -0.1) is 0 Å². The highest BCUT2D eigenvalue weighted by atomic mass is 79.9. The Morgan fingerprint density at radius 3 is 2.67 bits per heavy atom. The number of carboxylic acids is 1. The zero-order valence-electron chi connectivity index (χ0n) is 9.64. The molecule has 4 nitrogen and oxygen atoms in total. The molecule has 18 heavy (non-hydrogen) atoms. The lowest BCUT2D eigenvalue weighted by Crippen LogP contribution is -2.01. The SMILES string of the molecule is Cc1cc(Nc2ccnc(C(=O)O)c2)ccc1Br. The van der Waals surface area contributed by atoms with Gasteiger partial charge in [0.2, 0.25) is 0 Å². The van der Waals surface area contributed by atoms with E-state index >= 15 is 0 Å². The predicted molar refractivity (Wildman–Crippen MR) is 73.4 cm³/mol. The highest BCUT2D eigenvalue weighted by Crippen LogP contribution is 2.23. The van der Waals surface area contributed by atoms with Crippen LogP contribution < -0.4 is 5.32 Å². The first-order chi connectivity index (χ1) is 8.56. The molecular formula is C13H11BrN2O2. The number of rotatable bonds is 3. The Morgan fingerprint density at radius 1 is 1.28 bits per heavy atom. The van der Waals surface area contributed by atoms with E-state index in [1.54, 1.807) is 6.07 Å². The highest BCUT2D eigenvalue weighted by Gasteiger charge is 2.05. The van der Waals surface area contributed by atoms with Crippen LogP contribution in [0.25, 0.3) is 0 Å². The molecule has 1 heterocycles. The summed E-state index contributed by atoms with van der Waals surface area (Å²) in [4.78, 5) is 14.6. The van der Waals surface area contributed by atoms with Crippen molar-refractivity contribution in [3.8, 4) is 0 Å². The molecule has 0 aliphatic heterocycles. The number of hydrogen-bond acceptors (Lipinski definition) is 3. The van der Waals surface area contributed by atoms with Gasteiger partial charge in [0.25, 0.3) is 0 Å². The lowest BCUT2D eigenvalue weighted by Gasteiger charge is -2.08. The molecule has 0 bridgehead atoms. The fraction of sp³-hybridized carbons (Fsp3) is 0.0769. The van der Waals surface area contributed by atoms with Crippen molar-refractivity contribution in [2.24, 2.45) is 0 Å². The second kappa shape index (κ2) is 5.18. The smallest absolute Gasteiger partial charge is 0.354 e. The number of carbonyl (C=O) groups is 1. The highest BCUT2D eigenvalue weighted by molar-refractivity contribution is 9.10. The van der Waals surface area contributed by atoms with Crippen LogP contribution in [0, 0.1) is 6.92 Å². The number of nitrogens with one attached hydrogen (secondary N) is 1. The topological polar surface area (TPSA) is 62.2 Å². The van der Waals surface area contributed by atoms with E-state index < -0.39 is 5.97 Å². The molecule has 0 atom stereocenters. The van der Waals surface area contributed by atoms with Crippen LogP contribution in [-0.2, 0) is 0 Å². The maximum absolute atomic E-state index is 10.8. The molecule has 2 rings (SSSR count). The standard InChI is InChI=1S/C13H11BrN2O2/c1-8-6-9(2-3-11(8)14)16-10-4-5-15-12(7-10)13(17)18/h2-7H,1H3,(H,15,16)(H,17,18). The predicted octanol–water partition coefficient (Wildman–Crippen LogP) is 3.59. The van der Waals surface area contributed by atoms with E-state index in [1.165, 1.54) is 12.3 Å². The van der Waals surface area contributed by atoms with Gasteiger partial charge in [-0.2, -0.15) is 0 Å². The summed E-state index contributed by atoms with van der Waals surface area (Å²) in [5, 5.41) is 12.0. The van der Waals surface area contributed by atoms with Gasteiger partial charge in [-0.05, 0) is 42.8 Å². The maximum Gasteiger partial charge on any atom is 0.354 e. The quantitative estimate of drug-likeness (QED) is 0.909. The summed E-state index contributed by atoms with van der Waals surface area (Å²) in [6.07, 6.45) is 1.47. The lowest BCUT2D eigenvalue weighted by atomic mass is 10.2. The maximum atomic E-state index is 10.8. The van der Waals surface area contributed by atoms with Crippen molar-refractivity contribution in [1.82, 2.24) is 4.98 Å². The van der Waals surface area contributed by atoms with Gasteiger partial charge in [0.1, 0.15) is 5.69 Å². The normalized spacial score (nSPS) is 10.1. The largest absolute Gasteiger partial charge is 0.477 e. The van der Waals surface area contributed by atoms with Crippen LogP contribution in [0.2, 0.25) is 0 Å². The Bertz CT molecular complexity index is 599. The number of nitrogens with zero attached hydrogens (tertiary/aromatic N) is 1. The monoisotopic (exact) mass is 306 g/mol. The average Bonchev–Trinajstić information content (AvgIpc) is 2.34. The zero-order chi connectivity index (χ0) is 13.1. The van der Waals surface area contributed by atoms with Gasteiger partial charge < -0.3 is 10.4 Å². The van der Waals surface area contributed by atoms with E-state index in [2.05, 4.69) is 26.2 Å². The van der Waals surface area contributed by atoms with E-state index in [4.69, 9.17) is 5.11 Å². The fourth-order valence-electron chi connectivity index (χ4n) is 1.51. The molecule has 0 amide bonds. The number of anilines is 2. The number of benzene rings is 1. The third-order valence-electron chi connectivity index (χ3n) is 2.43. The Labute approximate surface area is 113 Å². The number of halogens is 1. The summed E-state index contributed by atoms with van der Waals surface area (Å²) in [5.74, 6) is -1.04. The molecule has 0 saturated heterocycles. The lowest BCUT2D eigenvalue weighted by molar-refractivity contribution is 0.0690. The van der Waals surface area contributed by atoms with E-state index in [-0.39, 0.29) is 5.69 Å². The van der Waals surface area contributed by atoms with Gasteiger partial charge in [0, 0.05) is 22.0 Å². The Balaban J connectivity index is 2.25. The van der Waals surface area contributed by atoms with Crippen molar-refractivity contribution in [2.75, 3.05) is 5.32 Å². The van der Waals surface area contributed by atoms with Crippen LogP contribution in [0.15, 0.2) is 41.0 Å².